The highest BCUT2D eigenvalue weighted by atomic mass is 35.5. The van der Waals surface area contributed by atoms with Crippen LogP contribution in [0.1, 0.15) is 11.1 Å². The maximum atomic E-state index is 13.5. The Bertz CT molecular complexity index is 1120. The number of piperazine rings is 1. The zero-order valence-electron chi connectivity index (χ0n) is 19.3. The third-order valence-corrected chi connectivity index (χ3v) is 7.07. The van der Waals surface area contributed by atoms with E-state index in [1.807, 2.05) is 65.6 Å². The molecule has 1 unspecified atom stereocenters. The highest BCUT2D eigenvalue weighted by Gasteiger charge is 2.28. The molecule has 5 nitrogen and oxygen atoms in total. The lowest BCUT2D eigenvalue weighted by Crippen LogP contribution is -2.55. The molecule has 0 spiro atoms. The van der Waals surface area contributed by atoms with Crippen molar-refractivity contribution in [3.63, 3.8) is 0 Å². The summed E-state index contributed by atoms with van der Waals surface area (Å²) in [5, 5.41) is 5.11. The number of nitrogens with zero attached hydrogens (tertiary/aromatic N) is 2. The molecule has 1 N–H and O–H groups in total. The van der Waals surface area contributed by atoms with Gasteiger partial charge in [-0.3, -0.25) is 10.1 Å². The molecule has 1 atom stereocenters. The minimum atomic E-state index is -0.468. The van der Waals surface area contributed by atoms with Crippen LogP contribution in [0, 0.1) is 0 Å². The fourth-order valence-corrected chi connectivity index (χ4v) is 4.65. The Balaban J connectivity index is 1.37. The van der Waals surface area contributed by atoms with Gasteiger partial charge in [-0.2, -0.15) is 0 Å². The van der Waals surface area contributed by atoms with Crippen molar-refractivity contribution in [3.05, 3.63) is 99.0 Å². The number of carbonyl (C=O) groups excluding carboxylic acids is 1. The Morgan fingerprint density at radius 1 is 0.829 bits per heavy atom. The summed E-state index contributed by atoms with van der Waals surface area (Å²) in [6.07, 6.45) is 0. The minimum absolute atomic E-state index is 0.0360. The van der Waals surface area contributed by atoms with Gasteiger partial charge in [0.15, 0.2) is 0 Å². The SMILES string of the molecule is O=C(C(COCc1ccc(Cl)c(Cl)c1)NCc1ccccc1)N1CCN(c2ccccc2Cl)CC1. The Kier molecular flexibility index (Phi) is 9.30. The van der Waals surface area contributed by atoms with Gasteiger partial charge in [-0.25, -0.2) is 0 Å². The molecule has 1 saturated heterocycles. The molecule has 35 heavy (non-hydrogen) atoms. The molecule has 0 saturated carbocycles. The van der Waals surface area contributed by atoms with Gasteiger partial charge in [0.2, 0.25) is 5.91 Å². The topological polar surface area (TPSA) is 44.8 Å². The van der Waals surface area contributed by atoms with Gasteiger partial charge in [-0.1, -0.05) is 83.3 Å². The Hall–Kier alpha value is -2.28. The third-order valence-electron chi connectivity index (χ3n) is 6.02. The van der Waals surface area contributed by atoms with Gasteiger partial charge in [0.25, 0.3) is 0 Å². The molecule has 1 heterocycles. The molecule has 3 aromatic rings. The number of hydrogen-bond donors (Lipinski definition) is 1. The molecule has 184 valence electrons. The van der Waals surface area contributed by atoms with Gasteiger partial charge in [-0.15, -0.1) is 0 Å². The molecule has 0 bridgehead atoms. The summed E-state index contributed by atoms with van der Waals surface area (Å²) >= 11 is 18.5. The maximum Gasteiger partial charge on any atom is 0.242 e. The zero-order valence-corrected chi connectivity index (χ0v) is 21.6. The van der Waals surface area contributed by atoms with Gasteiger partial charge in [-0.05, 0) is 35.4 Å². The Morgan fingerprint density at radius 3 is 2.26 bits per heavy atom. The highest BCUT2D eigenvalue weighted by Crippen LogP contribution is 2.26. The molecular formula is C27H28Cl3N3O2. The van der Waals surface area contributed by atoms with E-state index in [9.17, 15) is 4.79 Å². The van der Waals surface area contributed by atoms with Gasteiger partial charge >= 0.3 is 0 Å². The van der Waals surface area contributed by atoms with Crippen molar-refractivity contribution in [3.8, 4) is 0 Å². The van der Waals surface area contributed by atoms with Crippen LogP contribution in [0.3, 0.4) is 0 Å². The Morgan fingerprint density at radius 2 is 1.54 bits per heavy atom. The number of amides is 1. The standard InChI is InChI=1S/C27H28Cl3N3O2/c28-22-11-10-21(16-24(22)30)18-35-19-25(31-17-20-6-2-1-3-7-20)27(34)33-14-12-32(13-15-33)26-9-5-4-8-23(26)29/h1-11,16,25,31H,12-15,17-19H2. The van der Waals surface area contributed by atoms with Crippen LogP contribution < -0.4 is 10.2 Å². The number of carbonyl (C=O) groups is 1. The van der Waals surface area contributed by atoms with Crippen molar-refractivity contribution in [2.45, 2.75) is 19.2 Å². The van der Waals surface area contributed by atoms with Crippen molar-refractivity contribution in [2.75, 3.05) is 37.7 Å². The van der Waals surface area contributed by atoms with Crippen LogP contribution in [0.15, 0.2) is 72.8 Å². The van der Waals surface area contributed by atoms with Gasteiger partial charge in [0.1, 0.15) is 6.04 Å². The molecule has 0 aromatic heterocycles. The smallest absolute Gasteiger partial charge is 0.242 e. The molecule has 0 aliphatic carbocycles. The molecule has 1 aliphatic heterocycles. The first kappa shape index (κ1) is 25.8. The number of para-hydroxylation sites is 1. The lowest BCUT2D eigenvalue weighted by atomic mass is 10.1. The van der Waals surface area contributed by atoms with E-state index in [4.69, 9.17) is 39.5 Å². The summed E-state index contributed by atoms with van der Waals surface area (Å²) < 4.78 is 5.94. The predicted molar refractivity (Wildman–Crippen MR) is 143 cm³/mol. The number of halogens is 3. The van der Waals surface area contributed by atoms with Crippen LogP contribution in [0.25, 0.3) is 0 Å². The zero-order chi connectivity index (χ0) is 24.6. The average Bonchev–Trinajstić information content (AvgIpc) is 2.89. The molecule has 0 radical (unpaired) electrons. The second-order valence-corrected chi connectivity index (χ2v) is 9.67. The second-order valence-electron chi connectivity index (χ2n) is 8.45. The largest absolute Gasteiger partial charge is 0.375 e. The van der Waals surface area contributed by atoms with Crippen molar-refractivity contribution in [1.82, 2.24) is 10.2 Å². The molecule has 8 heteroatoms. The quantitative estimate of drug-likeness (QED) is 0.386. The lowest BCUT2D eigenvalue weighted by Gasteiger charge is -2.38. The molecule has 1 fully saturated rings. The van der Waals surface area contributed by atoms with Crippen molar-refractivity contribution < 1.29 is 9.53 Å². The van der Waals surface area contributed by atoms with Gasteiger partial charge < -0.3 is 14.5 Å². The second kappa shape index (κ2) is 12.6. The first-order valence-corrected chi connectivity index (χ1v) is 12.7. The predicted octanol–water partition coefficient (Wildman–Crippen LogP) is 5.67. The fraction of sp³-hybridized carbons (Fsp3) is 0.296. The van der Waals surface area contributed by atoms with Crippen molar-refractivity contribution in [2.24, 2.45) is 0 Å². The minimum Gasteiger partial charge on any atom is -0.375 e. The summed E-state index contributed by atoms with van der Waals surface area (Å²) in [4.78, 5) is 17.6. The average molecular weight is 533 g/mol. The number of hydrogen-bond acceptors (Lipinski definition) is 4. The maximum absolute atomic E-state index is 13.5. The van der Waals surface area contributed by atoms with E-state index in [-0.39, 0.29) is 12.5 Å². The number of rotatable bonds is 9. The third kappa shape index (κ3) is 7.12. The van der Waals surface area contributed by atoms with E-state index in [1.165, 1.54) is 0 Å². The van der Waals surface area contributed by atoms with Crippen LogP contribution in [0.4, 0.5) is 5.69 Å². The molecule has 3 aromatic carbocycles. The number of ether oxygens (including phenoxy) is 1. The van der Waals surface area contributed by atoms with Crippen LogP contribution in [0.5, 0.6) is 0 Å². The van der Waals surface area contributed by atoms with E-state index in [2.05, 4.69) is 10.2 Å². The van der Waals surface area contributed by atoms with Gasteiger partial charge in [0, 0.05) is 32.7 Å². The summed E-state index contributed by atoms with van der Waals surface area (Å²) in [5.74, 6) is 0.0360. The molecule has 1 amide bonds. The summed E-state index contributed by atoms with van der Waals surface area (Å²) in [7, 11) is 0. The normalized spacial score (nSPS) is 14.7. The van der Waals surface area contributed by atoms with Crippen LogP contribution in [-0.4, -0.2) is 49.6 Å². The van der Waals surface area contributed by atoms with Crippen LogP contribution in [0.2, 0.25) is 15.1 Å². The highest BCUT2D eigenvalue weighted by molar-refractivity contribution is 6.42. The van der Waals surface area contributed by atoms with Crippen molar-refractivity contribution >= 4 is 46.4 Å². The van der Waals surface area contributed by atoms with Crippen molar-refractivity contribution in [1.29, 1.82) is 0 Å². The van der Waals surface area contributed by atoms with E-state index in [0.29, 0.717) is 36.3 Å². The van der Waals surface area contributed by atoms with E-state index in [1.54, 1.807) is 12.1 Å². The molecule has 4 rings (SSSR count). The van der Waals surface area contributed by atoms with Gasteiger partial charge in [0.05, 0.1) is 34.0 Å². The number of nitrogens with one attached hydrogen (secondary N) is 1. The first-order valence-electron chi connectivity index (χ1n) is 11.6. The van der Waals surface area contributed by atoms with E-state index >= 15 is 0 Å². The lowest BCUT2D eigenvalue weighted by molar-refractivity contribution is -0.135. The summed E-state index contributed by atoms with van der Waals surface area (Å²) in [6, 6.07) is 22.8. The van der Waals surface area contributed by atoms with Crippen LogP contribution >= 0.6 is 34.8 Å². The number of anilines is 1. The van der Waals surface area contributed by atoms with E-state index < -0.39 is 6.04 Å². The first-order chi connectivity index (χ1) is 17.0. The molecule has 1 aliphatic rings. The number of benzene rings is 3. The summed E-state index contributed by atoms with van der Waals surface area (Å²) in [5.41, 5.74) is 3.02. The fourth-order valence-electron chi connectivity index (χ4n) is 4.07. The monoisotopic (exact) mass is 531 g/mol. The summed E-state index contributed by atoms with van der Waals surface area (Å²) in [6.45, 7) is 3.87. The Labute approximate surface area is 221 Å². The van der Waals surface area contributed by atoms with Crippen LogP contribution in [-0.2, 0) is 22.7 Å². The molecular weight excluding hydrogens is 505 g/mol. The van der Waals surface area contributed by atoms with E-state index in [0.717, 1.165) is 34.9 Å².